The third kappa shape index (κ3) is 9.03. The lowest BCUT2D eigenvalue weighted by Crippen LogP contribution is -2.19. The summed E-state index contributed by atoms with van der Waals surface area (Å²) in [6.45, 7) is 3.12. The summed E-state index contributed by atoms with van der Waals surface area (Å²) in [6.07, 6.45) is -1.22. The first-order valence-electron chi connectivity index (χ1n) is 4.74. The van der Waals surface area contributed by atoms with Gasteiger partial charge in [-0.2, -0.15) is 0 Å². The maximum atomic E-state index is 10.9. The number of carbonyl (C=O) groups excluding carboxylic acids is 1. The van der Waals surface area contributed by atoms with Gasteiger partial charge in [0.1, 0.15) is 0 Å². The van der Waals surface area contributed by atoms with Crippen molar-refractivity contribution in [1.29, 1.82) is 0 Å². The number of hydrogen-bond donors (Lipinski definition) is 0. The predicted octanol–water partition coefficient (Wildman–Crippen LogP) is 2.34. The topological polar surface area (TPSA) is 54.0 Å². The van der Waals surface area contributed by atoms with Gasteiger partial charge in [-0.25, -0.2) is 4.79 Å². The first-order valence-corrected chi connectivity index (χ1v) is 5.81. The van der Waals surface area contributed by atoms with E-state index in [1.165, 1.54) is 0 Å². The molecule has 0 rings (SSSR count). The molecule has 0 bridgehead atoms. The molecule has 0 aliphatic carbocycles. The zero-order chi connectivity index (χ0) is 12.4. The van der Waals surface area contributed by atoms with Gasteiger partial charge in [0.2, 0.25) is 0 Å². The van der Waals surface area contributed by atoms with Gasteiger partial charge in [0.25, 0.3) is 0 Å². The van der Waals surface area contributed by atoms with Crippen molar-refractivity contribution in [3.8, 4) is 0 Å². The van der Waals surface area contributed by atoms with E-state index in [0.717, 1.165) is 0 Å². The van der Waals surface area contributed by atoms with Crippen molar-refractivity contribution < 1.29 is 23.7 Å². The zero-order valence-electron chi connectivity index (χ0n) is 9.28. The number of halogens is 2. The average molecular weight is 275 g/mol. The van der Waals surface area contributed by atoms with E-state index in [1.807, 2.05) is 0 Å². The summed E-state index contributed by atoms with van der Waals surface area (Å²) < 4.78 is 19.1. The molecule has 96 valence electrons. The smallest absolute Gasteiger partial charge is 0.407 e. The molecule has 0 aliphatic rings. The Kier molecular flexibility index (Phi) is 9.82. The highest BCUT2D eigenvalue weighted by molar-refractivity contribution is 6.18. The van der Waals surface area contributed by atoms with E-state index in [2.05, 4.69) is 9.47 Å². The molecule has 0 aromatic rings. The second-order valence-electron chi connectivity index (χ2n) is 3.04. The van der Waals surface area contributed by atoms with Crippen LogP contribution in [0.3, 0.4) is 0 Å². The second-order valence-corrected chi connectivity index (χ2v) is 3.65. The summed E-state index contributed by atoms with van der Waals surface area (Å²) in [6, 6.07) is 0. The minimum Gasteiger partial charge on any atom is -0.407 e. The normalized spacial score (nSPS) is 14.2. The van der Waals surface area contributed by atoms with Crippen LogP contribution >= 0.6 is 23.2 Å². The molecule has 16 heavy (non-hydrogen) atoms. The van der Waals surface area contributed by atoms with E-state index < -0.39 is 6.16 Å². The Balaban J connectivity index is 3.38. The van der Waals surface area contributed by atoms with Crippen LogP contribution in [-0.4, -0.2) is 43.7 Å². The van der Waals surface area contributed by atoms with Crippen LogP contribution in [-0.2, 0) is 18.9 Å². The van der Waals surface area contributed by atoms with Crippen molar-refractivity contribution in [3.63, 3.8) is 0 Å². The molecule has 0 aromatic carbocycles. The van der Waals surface area contributed by atoms with Crippen LogP contribution < -0.4 is 0 Å². The molecular formula is C9H16Cl2O5. The molecule has 0 aliphatic heterocycles. The Bertz CT molecular complexity index is 173. The fourth-order valence-electron chi connectivity index (χ4n) is 0.527. The van der Waals surface area contributed by atoms with Crippen molar-refractivity contribution >= 4 is 29.4 Å². The first-order chi connectivity index (χ1) is 7.60. The number of alkyl halides is 2. The highest BCUT2D eigenvalue weighted by Crippen LogP contribution is 1.97. The monoisotopic (exact) mass is 274 g/mol. The molecule has 0 amide bonds. The Morgan fingerprint density at radius 3 is 1.69 bits per heavy atom. The second kappa shape index (κ2) is 9.96. The third-order valence-corrected chi connectivity index (χ3v) is 2.36. The van der Waals surface area contributed by atoms with Gasteiger partial charge >= 0.3 is 6.16 Å². The number of carbonyl (C=O) groups is 1. The lowest BCUT2D eigenvalue weighted by Gasteiger charge is -2.11. The third-order valence-electron chi connectivity index (χ3n) is 1.49. The molecular weight excluding hydrogens is 259 g/mol. The van der Waals surface area contributed by atoms with Crippen LogP contribution in [0.4, 0.5) is 4.79 Å². The standard InChI is InChI=1S/C9H16Cl2O5/c1-7(3-10)13-5-15-9(12)16-6-14-8(2)4-11/h7-8H,3-6H2,1-2H3. The molecule has 0 saturated carbocycles. The van der Waals surface area contributed by atoms with Crippen LogP contribution in [0.2, 0.25) is 0 Å². The molecule has 0 aromatic heterocycles. The molecule has 0 radical (unpaired) electrons. The van der Waals surface area contributed by atoms with Gasteiger partial charge in [-0.3, -0.25) is 0 Å². The summed E-state index contributed by atoms with van der Waals surface area (Å²) >= 11 is 10.9. The van der Waals surface area contributed by atoms with Crippen molar-refractivity contribution in [2.24, 2.45) is 0 Å². The SMILES string of the molecule is CC(CCl)OCOC(=O)OCOC(C)CCl. The largest absolute Gasteiger partial charge is 0.512 e. The minimum absolute atomic E-state index is 0.179. The summed E-state index contributed by atoms with van der Waals surface area (Å²) in [7, 11) is 0. The lowest BCUT2D eigenvalue weighted by atomic mass is 10.5. The fourth-order valence-corrected chi connectivity index (χ4v) is 0.706. The number of rotatable bonds is 8. The van der Waals surface area contributed by atoms with Gasteiger partial charge in [0.15, 0.2) is 13.6 Å². The summed E-state index contributed by atoms with van der Waals surface area (Å²) in [5, 5.41) is 0. The van der Waals surface area contributed by atoms with E-state index in [1.54, 1.807) is 13.8 Å². The van der Waals surface area contributed by atoms with Crippen molar-refractivity contribution in [2.45, 2.75) is 26.1 Å². The molecule has 2 unspecified atom stereocenters. The lowest BCUT2D eigenvalue weighted by molar-refractivity contribution is -0.0995. The molecule has 2 atom stereocenters. The van der Waals surface area contributed by atoms with E-state index in [4.69, 9.17) is 32.7 Å². The van der Waals surface area contributed by atoms with Crippen LogP contribution in [0.5, 0.6) is 0 Å². The molecule has 0 fully saturated rings. The number of ether oxygens (including phenoxy) is 4. The molecule has 7 heteroatoms. The van der Waals surface area contributed by atoms with Gasteiger partial charge in [-0.05, 0) is 13.8 Å². The maximum Gasteiger partial charge on any atom is 0.512 e. The van der Waals surface area contributed by atoms with Crippen LogP contribution in [0.1, 0.15) is 13.8 Å². The van der Waals surface area contributed by atoms with Crippen molar-refractivity contribution in [1.82, 2.24) is 0 Å². The van der Waals surface area contributed by atoms with Gasteiger partial charge in [-0.15, -0.1) is 23.2 Å². The summed E-state index contributed by atoms with van der Waals surface area (Å²) in [5.41, 5.74) is 0. The molecule has 0 heterocycles. The van der Waals surface area contributed by atoms with Gasteiger partial charge in [0.05, 0.1) is 12.2 Å². The van der Waals surface area contributed by atoms with Gasteiger partial charge in [-0.1, -0.05) is 0 Å². The first kappa shape index (κ1) is 15.8. The molecule has 0 N–H and O–H groups in total. The highest BCUT2D eigenvalue weighted by Gasteiger charge is 2.07. The van der Waals surface area contributed by atoms with E-state index >= 15 is 0 Å². The van der Waals surface area contributed by atoms with Crippen molar-refractivity contribution in [2.75, 3.05) is 25.3 Å². The average Bonchev–Trinajstić information content (AvgIpc) is 2.28. The minimum atomic E-state index is -0.858. The fraction of sp³-hybridized carbons (Fsp3) is 0.889. The molecule has 0 spiro atoms. The Morgan fingerprint density at radius 1 is 1.00 bits per heavy atom. The predicted molar refractivity (Wildman–Crippen MR) is 59.8 cm³/mol. The Morgan fingerprint density at radius 2 is 1.38 bits per heavy atom. The van der Waals surface area contributed by atoms with Gasteiger partial charge < -0.3 is 18.9 Å². The summed E-state index contributed by atoms with van der Waals surface area (Å²) in [4.78, 5) is 10.9. The van der Waals surface area contributed by atoms with Crippen LogP contribution in [0.15, 0.2) is 0 Å². The van der Waals surface area contributed by atoms with E-state index in [9.17, 15) is 4.79 Å². The van der Waals surface area contributed by atoms with Gasteiger partial charge in [0, 0.05) is 11.8 Å². The van der Waals surface area contributed by atoms with E-state index in [0.29, 0.717) is 11.8 Å². The quantitative estimate of drug-likeness (QED) is 0.386. The molecule has 5 nitrogen and oxygen atoms in total. The molecule has 0 saturated heterocycles. The highest BCUT2D eigenvalue weighted by atomic mass is 35.5. The Hall–Kier alpha value is -0.230. The summed E-state index contributed by atoms with van der Waals surface area (Å²) in [5.74, 6) is 0.656. The van der Waals surface area contributed by atoms with E-state index in [-0.39, 0.29) is 25.8 Å². The van der Waals surface area contributed by atoms with Crippen molar-refractivity contribution in [3.05, 3.63) is 0 Å². The Labute approximate surface area is 105 Å². The number of hydrogen-bond acceptors (Lipinski definition) is 5. The maximum absolute atomic E-state index is 10.9. The van der Waals surface area contributed by atoms with Crippen LogP contribution in [0.25, 0.3) is 0 Å². The van der Waals surface area contributed by atoms with Crippen LogP contribution in [0, 0.1) is 0 Å². The zero-order valence-corrected chi connectivity index (χ0v) is 10.8.